The fourth-order valence-electron chi connectivity index (χ4n) is 3.54. The topological polar surface area (TPSA) is 64.5 Å². The summed E-state index contributed by atoms with van der Waals surface area (Å²) in [5, 5.41) is 11.9. The molecule has 27 heavy (non-hydrogen) atoms. The molecule has 2 aliphatic rings. The number of epoxide rings is 1. The summed E-state index contributed by atoms with van der Waals surface area (Å²) in [6, 6.07) is 18.6. The van der Waals surface area contributed by atoms with E-state index >= 15 is 0 Å². The second-order valence-electron chi connectivity index (χ2n) is 7.13. The molecule has 0 aliphatic carbocycles. The Hall–Kier alpha value is -2.54. The average Bonchev–Trinajstić information content (AvgIpc) is 3.38. The second-order valence-corrected chi connectivity index (χ2v) is 7.13. The number of fused-ring (bicyclic) bond motifs is 1. The lowest BCUT2D eigenvalue weighted by atomic mass is 10.1. The maximum atomic E-state index is 6.02. The van der Waals surface area contributed by atoms with E-state index in [1.54, 1.807) is 0 Å². The van der Waals surface area contributed by atoms with Crippen molar-refractivity contribution in [3.8, 4) is 5.69 Å². The number of nitrogens with one attached hydrogen (secondary N) is 1. The van der Waals surface area contributed by atoms with Crippen LogP contribution in [0.15, 0.2) is 60.8 Å². The molecule has 2 saturated heterocycles. The van der Waals surface area contributed by atoms with Gasteiger partial charge in [-0.05, 0) is 23.3 Å². The van der Waals surface area contributed by atoms with E-state index in [0.29, 0.717) is 12.7 Å². The Balaban J connectivity index is 1.20. The summed E-state index contributed by atoms with van der Waals surface area (Å²) in [6.45, 7) is 2.40. The first-order chi connectivity index (χ1) is 13.3. The molecule has 3 heterocycles. The molecule has 6 nitrogen and oxygen atoms in total. The highest BCUT2D eigenvalue weighted by molar-refractivity contribution is 5.34. The first-order valence-corrected chi connectivity index (χ1v) is 9.37. The minimum Gasteiger partial charge on any atom is -0.369 e. The van der Waals surface area contributed by atoms with Gasteiger partial charge in [-0.3, -0.25) is 0 Å². The molecule has 6 heteroatoms. The Morgan fingerprint density at radius 3 is 2.74 bits per heavy atom. The van der Waals surface area contributed by atoms with E-state index in [9.17, 15) is 0 Å². The molecule has 5 rings (SSSR count). The molecular formula is C21H22N4O2. The van der Waals surface area contributed by atoms with Crippen molar-refractivity contribution in [2.75, 3.05) is 13.1 Å². The van der Waals surface area contributed by atoms with Gasteiger partial charge in [-0.2, -0.15) is 0 Å². The van der Waals surface area contributed by atoms with Gasteiger partial charge in [-0.25, -0.2) is 4.68 Å². The third-order valence-electron chi connectivity index (χ3n) is 5.11. The lowest BCUT2D eigenvalue weighted by Gasteiger charge is -2.20. The van der Waals surface area contributed by atoms with Gasteiger partial charge in [0.1, 0.15) is 6.10 Å². The van der Waals surface area contributed by atoms with Crippen LogP contribution in [0, 0.1) is 0 Å². The molecule has 0 radical (unpaired) electrons. The van der Waals surface area contributed by atoms with Crippen LogP contribution < -0.4 is 5.32 Å². The Morgan fingerprint density at radius 2 is 1.89 bits per heavy atom. The zero-order chi connectivity index (χ0) is 18.1. The molecular weight excluding hydrogens is 340 g/mol. The van der Waals surface area contributed by atoms with Crippen molar-refractivity contribution in [1.29, 1.82) is 0 Å². The number of rotatable bonds is 6. The van der Waals surface area contributed by atoms with Crippen molar-refractivity contribution >= 4 is 0 Å². The Labute approximate surface area is 158 Å². The van der Waals surface area contributed by atoms with E-state index in [0.717, 1.165) is 36.5 Å². The van der Waals surface area contributed by atoms with Gasteiger partial charge in [0.05, 0.1) is 36.4 Å². The van der Waals surface area contributed by atoms with E-state index in [4.69, 9.17) is 9.47 Å². The fraction of sp³-hybridized carbons (Fsp3) is 0.333. The van der Waals surface area contributed by atoms with Crippen LogP contribution in [0.1, 0.15) is 16.8 Å². The number of nitrogens with zero attached hydrogens (tertiary/aromatic N) is 3. The van der Waals surface area contributed by atoms with Crippen LogP contribution in [0.3, 0.4) is 0 Å². The SMILES string of the molecule is c1ccc(Cc2cn(-c3ccc(CO[C@@H]4CNC[C@H]5O[C@H]45)cc3)nn2)cc1. The van der Waals surface area contributed by atoms with Gasteiger partial charge in [0.15, 0.2) is 0 Å². The van der Waals surface area contributed by atoms with E-state index in [1.165, 1.54) is 5.56 Å². The monoisotopic (exact) mass is 362 g/mol. The average molecular weight is 362 g/mol. The van der Waals surface area contributed by atoms with Crippen molar-refractivity contribution in [3.63, 3.8) is 0 Å². The zero-order valence-corrected chi connectivity index (χ0v) is 15.0. The molecule has 138 valence electrons. The summed E-state index contributed by atoms with van der Waals surface area (Å²) in [6.07, 6.45) is 3.55. The van der Waals surface area contributed by atoms with Gasteiger partial charge in [0.25, 0.3) is 0 Å². The lowest BCUT2D eigenvalue weighted by Crippen LogP contribution is -2.41. The highest BCUT2D eigenvalue weighted by Gasteiger charge is 2.48. The Bertz CT molecular complexity index is 894. The fourth-order valence-corrected chi connectivity index (χ4v) is 3.54. The second kappa shape index (κ2) is 7.23. The summed E-state index contributed by atoms with van der Waals surface area (Å²) in [7, 11) is 0. The van der Waals surface area contributed by atoms with Crippen molar-refractivity contribution in [2.45, 2.75) is 31.3 Å². The molecule has 2 aromatic carbocycles. The van der Waals surface area contributed by atoms with Gasteiger partial charge < -0.3 is 14.8 Å². The van der Waals surface area contributed by atoms with Gasteiger partial charge >= 0.3 is 0 Å². The van der Waals surface area contributed by atoms with Gasteiger partial charge in [0, 0.05) is 19.5 Å². The minimum absolute atomic E-state index is 0.152. The minimum atomic E-state index is 0.152. The van der Waals surface area contributed by atoms with Crippen LogP contribution in [0.4, 0.5) is 0 Å². The van der Waals surface area contributed by atoms with E-state index in [2.05, 4.69) is 52.0 Å². The predicted octanol–water partition coefficient (Wildman–Crippen LogP) is 2.11. The summed E-state index contributed by atoms with van der Waals surface area (Å²) in [4.78, 5) is 0. The Morgan fingerprint density at radius 1 is 1.04 bits per heavy atom. The first kappa shape index (κ1) is 16.6. The highest BCUT2D eigenvalue weighted by atomic mass is 16.6. The molecule has 1 N–H and O–H groups in total. The number of ether oxygens (including phenoxy) is 2. The third kappa shape index (κ3) is 3.78. The molecule has 0 amide bonds. The molecule has 2 fully saturated rings. The Kier molecular flexibility index (Phi) is 4.45. The molecule has 0 spiro atoms. The standard InChI is InChI=1S/C21H22N4O2/c1-2-4-15(5-3-1)10-17-13-25(24-23-17)18-8-6-16(7-9-18)14-26-19-11-22-12-20-21(19)27-20/h1-9,13,19-22H,10-12,14H2/t19-,20-,21-/m1/s1. The van der Waals surface area contributed by atoms with E-state index < -0.39 is 0 Å². The third-order valence-corrected chi connectivity index (χ3v) is 5.11. The van der Waals surface area contributed by atoms with Gasteiger partial charge in [-0.1, -0.05) is 47.7 Å². The first-order valence-electron chi connectivity index (χ1n) is 9.37. The number of benzene rings is 2. The molecule has 0 unspecified atom stereocenters. The van der Waals surface area contributed by atoms with Gasteiger partial charge in [-0.15, -0.1) is 5.10 Å². The highest BCUT2D eigenvalue weighted by Crippen LogP contribution is 2.29. The van der Waals surface area contributed by atoms with E-state index in [1.807, 2.05) is 29.1 Å². The number of aromatic nitrogens is 3. The van der Waals surface area contributed by atoms with Crippen LogP contribution in [0.5, 0.6) is 0 Å². The molecule has 0 saturated carbocycles. The van der Waals surface area contributed by atoms with Crippen molar-refractivity contribution in [3.05, 3.63) is 77.6 Å². The number of hydrogen-bond donors (Lipinski definition) is 1. The van der Waals surface area contributed by atoms with Crippen LogP contribution in [-0.2, 0) is 22.5 Å². The maximum Gasteiger partial charge on any atom is 0.113 e. The van der Waals surface area contributed by atoms with Crippen molar-refractivity contribution < 1.29 is 9.47 Å². The van der Waals surface area contributed by atoms with Crippen LogP contribution in [-0.4, -0.2) is 46.4 Å². The van der Waals surface area contributed by atoms with Crippen LogP contribution in [0.25, 0.3) is 5.69 Å². The quantitative estimate of drug-likeness (QED) is 0.681. The molecule has 2 aliphatic heterocycles. The van der Waals surface area contributed by atoms with Gasteiger partial charge in [0.2, 0.25) is 0 Å². The molecule has 1 aromatic heterocycles. The van der Waals surface area contributed by atoms with Crippen molar-refractivity contribution in [2.24, 2.45) is 0 Å². The molecule has 3 aromatic rings. The summed E-state index contributed by atoms with van der Waals surface area (Å²) >= 11 is 0. The van der Waals surface area contributed by atoms with Crippen LogP contribution in [0.2, 0.25) is 0 Å². The lowest BCUT2D eigenvalue weighted by molar-refractivity contribution is 0.0211. The number of hydrogen-bond acceptors (Lipinski definition) is 5. The number of piperidine rings is 1. The predicted molar refractivity (Wildman–Crippen MR) is 101 cm³/mol. The normalized spacial score (nSPS) is 23.8. The molecule has 3 atom stereocenters. The summed E-state index contributed by atoms with van der Waals surface area (Å²) in [5.41, 5.74) is 4.33. The largest absolute Gasteiger partial charge is 0.369 e. The smallest absolute Gasteiger partial charge is 0.113 e. The maximum absolute atomic E-state index is 6.02. The summed E-state index contributed by atoms with van der Waals surface area (Å²) in [5.74, 6) is 0. The zero-order valence-electron chi connectivity index (χ0n) is 15.0. The molecule has 0 bridgehead atoms. The van der Waals surface area contributed by atoms with E-state index in [-0.39, 0.29) is 12.2 Å². The summed E-state index contributed by atoms with van der Waals surface area (Å²) < 4.78 is 13.4. The van der Waals surface area contributed by atoms with Crippen molar-refractivity contribution in [1.82, 2.24) is 20.3 Å². The van der Waals surface area contributed by atoms with Crippen LogP contribution >= 0.6 is 0 Å².